The van der Waals surface area contributed by atoms with Gasteiger partial charge in [0, 0.05) is 30.5 Å². The second-order valence-electron chi connectivity index (χ2n) is 7.37. The zero-order valence-electron chi connectivity index (χ0n) is 13.7. The number of benzene rings is 1. The van der Waals surface area contributed by atoms with Crippen LogP contribution in [0.3, 0.4) is 0 Å². The predicted octanol–water partition coefficient (Wildman–Crippen LogP) is -0.710. The largest absolute Gasteiger partial charge is 1.00 e. The number of rotatable bonds is 2. The van der Waals surface area contributed by atoms with E-state index in [0.717, 1.165) is 42.0 Å². The molecule has 2 unspecified atom stereocenters. The van der Waals surface area contributed by atoms with E-state index in [1.54, 1.807) is 0 Å². The Morgan fingerprint density at radius 3 is 2.13 bits per heavy atom. The SMILES string of the molecule is C[N+]1(C)CC2CN(c3ccc(-c4ccccc4)nn3)CC2C1.[I-]. The van der Waals surface area contributed by atoms with Crippen molar-refractivity contribution in [1.82, 2.24) is 10.2 Å². The molecule has 4 rings (SSSR count). The van der Waals surface area contributed by atoms with E-state index in [1.807, 2.05) is 18.2 Å². The Labute approximate surface area is 155 Å². The van der Waals surface area contributed by atoms with Crippen molar-refractivity contribution >= 4 is 5.82 Å². The number of hydrogen-bond donors (Lipinski definition) is 0. The zero-order chi connectivity index (χ0) is 15.2. The molecule has 0 aliphatic carbocycles. The molecule has 0 N–H and O–H groups in total. The molecule has 4 nitrogen and oxygen atoms in total. The van der Waals surface area contributed by atoms with Gasteiger partial charge in [0.25, 0.3) is 0 Å². The minimum absolute atomic E-state index is 0. The average molecular weight is 422 g/mol. The highest BCUT2D eigenvalue weighted by atomic mass is 127. The Hall–Kier alpha value is -1.21. The lowest BCUT2D eigenvalue weighted by Gasteiger charge is -2.27. The van der Waals surface area contributed by atoms with Gasteiger partial charge in [0.05, 0.1) is 32.9 Å². The molecule has 0 saturated carbocycles. The summed E-state index contributed by atoms with van der Waals surface area (Å²) in [5.41, 5.74) is 2.07. The topological polar surface area (TPSA) is 29.0 Å². The molecule has 2 aliphatic heterocycles. The normalized spacial score (nSPS) is 25.0. The molecule has 2 aliphatic rings. The first kappa shape index (κ1) is 16.6. The van der Waals surface area contributed by atoms with E-state index >= 15 is 0 Å². The summed E-state index contributed by atoms with van der Waals surface area (Å²) in [4.78, 5) is 2.41. The van der Waals surface area contributed by atoms with Crippen LogP contribution in [-0.2, 0) is 0 Å². The molecule has 2 fully saturated rings. The lowest BCUT2D eigenvalue weighted by Crippen LogP contribution is -3.00. The molecule has 0 amide bonds. The molecule has 3 heterocycles. The summed E-state index contributed by atoms with van der Waals surface area (Å²) in [5, 5.41) is 8.89. The first-order chi connectivity index (χ1) is 10.6. The monoisotopic (exact) mass is 422 g/mol. The van der Waals surface area contributed by atoms with Crippen LogP contribution in [0.15, 0.2) is 42.5 Å². The van der Waals surface area contributed by atoms with E-state index in [9.17, 15) is 0 Å². The van der Waals surface area contributed by atoms with Crippen molar-refractivity contribution in [3.63, 3.8) is 0 Å². The first-order valence-electron chi connectivity index (χ1n) is 8.07. The van der Waals surface area contributed by atoms with Gasteiger partial charge in [-0.1, -0.05) is 30.3 Å². The number of anilines is 1. The minimum Gasteiger partial charge on any atom is -1.00 e. The average Bonchev–Trinajstić information content (AvgIpc) is 3.02. The summed E-state index contributed by atoms with van der Waals surface area (Å²) < 4.78 is 1.17. The molecule has 0 radical (unpaired) electrons. The van der Waals surface area contributed by atoms with Gasteiger partial charge in [0.15, 0.2) is 5.82 Å². The first-order valence-corrected chi connectivity index (χ1v) is 8.07. The molecular weight excluding hydrogens is 399 g/mol. The second-order valence-corrected chi connectivity index (χ2v) is 7.37. The number of likely N-dealkylation sites (tertiary alicyclic amines) is 1. The summed E-state index contributed by atoms with van der Waals surface area (Å²) in [7, 11) is 4.69. The second kappa shape index (κ2) is 6.36. The van der Waals surface area contributed by atoms with E-state index < -0.39 is 0 Å². The number of hydrogen-bond acceptors (Lipinski definition) is 3. The number of fused-ring (bicyclic) bond motifs is 1. The van der Waals surface area contributed by atoms with Crippen LogP contribution in [0.1, 0.15) is 0 Å². The van der Waals surface area contributed by atoms with Crippen LogP contribution >= 0.6 is 0 Å². The van der Waals surface area contributed by atoms with Crippen LogP contribution in [-0.4, -0.2) is 55.0 Å². The summed E-state index contributed by atoms with van der Waals surface area (Å²) >= 11 is 0. The fraction of sp³-hybridized carbons (Fsp3) is 0.444. The lowest BCUT2D eigenvalue weighted by atomic mass is 10.0. The highest BCUT2D eigenvalue weighted by Crippen LogP contribution is 2.35. The van der Waals surface area contributed by atoms with Crippen molar-refractivity contribution < 1.29 is 28.5 Å². The van der Waals surface area contributed by atoms with E-state index in [1.165, 1.54) is 17.6 Å². The highest BCUT2D eigenvalue weighted by Gasteiger charge is 2.46. The molecule has 0 spiro atoms. The Morgan fingerprint density at radius 2 is 1.57 bits per heavy atom. The highest BCUT2D eigenvalue weighted by molar-refractivity contribution is 5.59. The summed E-state index contributed by atoms with van der Waals surface area (Å²) in [6, 6.07) is 14.4. The number of aromatic nitrogens is 2. The molecule has 23 heavy (non-hydrogen) atoms. The molecule has 5 heteroatoms. The molecular formula is C18H23IN4. The fourth-order valence-electron chi connectivity index (χ4n) is 4.14. The Balaban J connectivity index is 0.00000156. The van der Waals surface area contributed by atoms with Crippen LogP contribution in [0, 0.1) is 11.8 Å². The van der Waals surface area contributed by atoms with E-state index in [2.05, 4.69) is 53.5 Å². The van der Waals surface area contributed by atoms with Gasteiger partial charge in [0.2, 0.25) is 0 Å². The van der Waals surface area contributed by atoms with Crippen LogP contribution in [0.25, 0.3) is 11.3 Å². The molecule has 1 aromatic carbocycles. The van der Waals surface area contributed by atoms with Gasteiger partial charge in [-0.3, -0.25) is 0 Å². The van der Waals surface area contributed by atoms with Gasteiger partial charge in [-0.2, -0.15) is 0 Å². The van der Waals surface area contributed by atoms with Gasteiger partial charge < -0.3 is 33.4 Å². The lowest BCUT2D eigenvalue weighted by molar-refractivity contribution is -0.880. The zero-order valence-corrected chi connectivity index (χ0v) is 15.8. The standard InChI is InChI=1S/C18H23N4.HI/c1-22(2)12-15-10-21(11-16(15)13-22)18-9-8-17(19-20-18)14-6-4-3-5-7-14;/h3-9,15-16H,10-13H2,1-2H3;1H/q+1;/p-1. The predicted molar refractivity (Wildman–Crippen MR) is 88.5 cm³/mol. The number of quaternary nitrogens is 1. The van der Waals surface area contributed by atoms with Gasteiger partial charge in [-0.05, 0) is 12.1 Å². The maximum absolute atomic E-state index is 4.47. The fourth-order valence-corrected chi connectivity index (χ4v) is 4.14. The Morgan fingerprint density at radius 1 is 0.913 bits per heavy atom. The van der Waals surface area contributed by atoms with E-state index in [-0.39, 0.29) is 24.0 Å². The smallest absolute Gasteiger partial charge is 0.151 e. The molecule has 1 aromatic heterocycles. The number of nitrogens with zero attached hydrogens (tertiary/aromatic N) is 4. The quantitative estimate of drug-likeness (QED) is 0.473. The van der Waals surface area contributed by atoms with Crippen molar-refractivity contribution in [2.24, 2.45) is 11.8 Å². The third-order valence-corrected chi connectivity index (χ3v) is 5.08. The van der Waals surface area contributed by atoms with Crippen molar-refractivity contribution in [3.05, 3.63) is 42.5 Å². The van der Waals surface area contributed by atoms with E-state index in [0.29, 0.717) is 0 Å². The molecule has 2 atom stereocenters. The summed E-state index contributed by atoms with van der Waals surface area (Å²) in [6.07, 6.45) is 0. The van der Waals surface area contributed by atoms with E-state index in [4.69, 9.17) is 0 Å². The maximum atomic E-state index is 4.47. The third-order valence-electron chi connectivity index (χ3n) is 5.08. The number of halogens is 1. The summed E-state index contributed by atoms with van der Waals surface area (Å²) in [5.74, 6) is 2.65. The summed E-state index contributed by atoms with van der Waals surface area (Å²) in [6.45, 7) is 4.84. The van der Waals surface area contributed by atoms with Crippen molar-refractivity contribution in [3.8, 4) is 11.3 Å². The van der Waals surface area contributed by atoms with Crippen molar-refractivity contribution in [2.75, 3.05) is 45.2 Å². The van der Waals surface area contributed by atoms with Crippen molar-refractivity contribution in [2.45, 2.75) is 0 Å². The van der Waals surface area contributed by atoms with Crippen LogP contribution in [0.2, 0.25) is 0 Å². The minimum atomic E-state index is 0. The third kappa shape index (κ3) is 3.35. The van der Waals surface area contributed by atoms with Crippen molar-refractivity contribution in [1.29, 1.82) is 0 Å². The van der Waals surface area contributed by atoms with Gasteiger partial charge in [-0.15, -0.1) is 10.2 Å². The van der Waals surface area contributed by atoms with Gasteiger partial charge in [0.1, 0.15) is 0 Å². The molecule has 2 aromatic rings. The van der Waals surface area contributed by atoms with Gasteiger partial charge in [-0.25, -0.2) is 0 Å². The Kier molecular flexibility index (Phi) is 4.60. The Bertz CT molecular complexity index is 640. The molecule has 2 saturated heterocycles. The maximum Gasteiger partial charge on any atom is 0.151 e. The van der Waals surface area contributed by atoms with Gasteiger partial charge >= 0.3 is 0 Å². The molecule has 0 bridgehead atoms. The van der Waals surface area contributed by atoms with Crippen LogP contribution in [0.4, 0.5) is 5.82 Å². The van der Waals surface area contributed by atoms with Crippen LogP contribution < -0.4 is 28.9 Å². The molecule has 122 valence electrons. The van der Waals surface area contributed by atoms with Crippen LogP contribution in [0.5, 0.6) is 0 Å².